The van der Waals surface area contributed by atoms with Crippen LogP contribution in [0.5, 0.6) is 0 Å². The molecule has 0 spiro atoms. The van der Waals surface area contributed by atoms with E-state index in [0.717, 1.165) is 31.1 Å². The summed E-state index contributed by atoms with van der Waals surface area (Å²) in [6.45, 7) is 0. The predicted octanol–water partition coefficient (Wildman–Crippen LogP) is 1.17. The van der Waals surface area contributed by atoms with Crippen LogP contribution in [0.4, 0.5) is 0 Å². The van der Waals surface area contributed by atoms with E-state index in [1.54, 1.807) is 0 Å². The van der Waals surface area contributed by atoms with Gasteiger partial charge in [0.15, 0.2) is 0 Å². The van der Waals surface area contributed by atoms with E-state index in [9.17, 15) is 4.79 Å². The third-order valence-corrected chi connectivity index (χ3v) is 4.26. The quantitative estimate of drug-likeness (QED) is 0.728. The summed E-state index contributed by atoms with van der Waals surface area (Å²) in [6, 6.07) is 0.457. The minimum Gasteiger partial charge on any atom is -0.351 e. The van der Waals surface area contributed by atoms with Gasteiger partial charge in [-0.05, 0) is 56.8 Å². The molecule has 0 heterocycles. The Morgan fingerprint density at radius 1 is 1.20 bits per heavy atom. The highest BCUT2D eigenvalue weighted by molar-refractivity contribution is 5.87. The molecule has 3 fully saturated rings. The van der Waals surface area contributed by atoms with E-state index in [0.29, 0.717) is 6.04 Å². The van der Waals surface area contributed by atoms with Crippen LogP contribution in [0.15, 0.2) is 0 Å². The van der Waals surface area contributed by atoms with Crippen molar-refractivity contribution in [1.29, 1.82) is 0 Å². The zero-order chi connectivity index (χ0) is 10.5. The topological polar surface area (TPSA) is 55.1 Å². The number of nitrogens with one attached hydrogen (secondary N) is 1. The lowest BCUT2D eigenvalue weighted by atomic mass is 9.77. The van der Waals surface area contributed by atoms with Gasteiger partial charge in [-0.1, -0.05) is 0 Å². The molecule has 3 rings (SSSR count). The minimum absolute atomic E-state index is 0.123. The fourth-order valence-electron chi connectivity index (χ4n) is 2.61. The predicted molar refractivity (Wildman–Crippen MR) is 58.1 cm³/mol. The van der Waals surface area contributed by atoms with Gasteiger partial charge >= 0.3 is 0 Å². The second kappa shape index (κ2) is 3.21. The van der Waals surface area contributed by atoms with Crippen LogP contribution >= 0.6 is 0 Å². The molecule has 15 heavy (non-hydrogen) atoms. The Kier molecular flexibility index (Phi) is 2.06. The number of hydrogen-bond donors (Lipinski definition) is 2. The summed E-state index contributed by atoms with van der Waals surface area (Å²) in [5.41, 5.74) is 5.51. The third-order valence-electron chi connectivity index (χ3n) is 4.26. The number of carbonyl (C=O) groups excluding carboxylic acids is 1. The van der Waals surface area contributed by atoms with Gasteiger partial charge in [-0.25, -0.2) is 0 Å². The van der Waals surface area contributed by atoms with Gasteiger partial charge in [-0.15, -0.1) is 0 Å². The Morgan fingerprint density at radius 2 is 1.73 bits per heavy atom. The van der Waals surface area contributed by atoms with Crippen molar-refractivity contribution in [1.82, 2.24) is 5.32 Å². The SMILES string of the molecule is NC1(C(=O)NC(C2CC2)C2CC2)CCC1. The molecule has 3 nitrogen and oxygen atoms in total. The van der Waals surface area contributed by atoms with Crippen molar-refractivity contribution in [2.24, 2.45) is 17.6 Å². The third kappa shape index (κ3) is 1.78. The van der Waals surface area contributed by atoms with E-state index in [-0.39, 0.29) is 5.91 Å². The second-order valence-electron chi connectivity index (χ2n) is 5.68. The molecule has 0 radical (unpaired) electrons. The van der Waals surface area contributed by atoms with Crippen molar-refractivity contribution in [2.45, 2.75) is 56.5 Å². The van der Waals surface area contributed by atoms with Crippen molar-refractivity contribution >= 4 is 5.91 Å². The molecule has 0 bridgehead atoms. The molecular formula is C12H20N2O. The molecule has 0 aromatic heterocycles. The molecule has 3 N–H and O–H groups in total. The molecule has 1 amide bonds. The normalized spacial score (nSPS) is 28.7. The molecule has 84 valence electrons. The summed E-state index contributed by atoms with van der Waals surface area (Å²) in [5, 5.41) is 3.22. The van der Waals surface area contributed by atoms with Crippen LogP contribution in [0.2, 0.25) is 0 Å². The monoisotopic (exact) mass is 208 g/mol. The standard InChI is InChI=1S/C12H20N2O/c13-12(6-1-7-12)11(15)14-10(8-2-3-8)9-4-5-9/h8-10H,1-7,13H2,(H,14,15). The fourth-order valence-corrected chi connectivity index (χ4v) is 2.61. The zero-order valence-electron chi connectivity index (χ0n) is 9.17. The van der Waals surface area contributed by atoms with Gasteiger partial charge < -0.3 is 11.1 Å². The summed E-state index contributed by atoms with van der Waals surface area (Å²) < 4.78 is 0. The Hall–Kier alpha value is -0.570. The fraction of sp³-hybridized carbons (Fsp3) is 0.917. The van der Waals surface area contributed by atoms with Gasteiger partial charge in [-0.2, -0.15) is 0 Å². The van der Waals surface area contributed by atoms with E-state index in [1.165, 1.54) is 25.7 Å². The average Bonchev–Trinajstić information content (AvgIpc) is 3.01. The molecule has 0 aromatic rings. The van der Waals surface area contributed by atoms with Crippen LogP contribution in [-0.4, -0.2) is 17.5 Å². The maximum absolute atomic E-state index is 12.0. The Balaban J connectivity index is 1.60. The van der Waals surface area contributed by atoms with Gasteiger partial charge in [0, 0.05) is 6.04 Å². The minimum atomic E-state index is -0.512. The highest BCUT2D eigenvalue weighted by atomic mass is 16.2. The number of rotatable bonds is 4. The number of hydrogen-bond acceptors (Lipinski definition) is 2. The smallest absolute Gasteiger partial charge is 0.240 e. The van der Waals surface area contributed by atoms with E-state index < -0.39 is 5.54 Å². The van der Waals surface area contributed by atoms with Crippen molar-refractivity contribution in [3.05, 3.63) is 0 Å². The molecule has 0 unspecified atom stereocenters. The molecule has 3 aliphatic rings. The van der Waals surface area contributed by atoms with Gasteiger partial charge in [-0.3, -0.25) is 4.79 Å². The maximum Gasteiger partial charge on any atom is 0.240 e. The van der Waals surface area contributed by atoms with Crippen LogP contribution in [0.1, 0.15) is 44.9 Å². The summed E-state index contributed by atoms with van der Waals surface area (Å²) in [7, 11) is 0. The molecule has 3 saturated carbocycles. The van der Waals surface area contributed by atoms with Gasteiger partial charge in [0.05, 0.1) is 5.54 Å². The van der Waals surface area contributed by atoms with Crippen LogP contribution in [0.25, 0.3) is 0 Å². The molecule has 0 atom stereocenters. The highest BCUT2D eigenvalue weighted by Crippen LogP contribution is 2.45. The van der Waals surface area contributed by atoms with E-state index in [1.807, 2.05) is 0 Å². The molecular weight excluding hydrogens is 188 g/mol. The largest absolute Gasteiger partial charge is 0.351 e. The van der Waals surface area contributed by atoms with Crippen LogP contribution in [0.3, 0.4) is 0 Å². The van der Waals surface area contributed by atoms with Crippen LogP contribution < -0.4 is 11.1 Å². The lowest BCUT2D eigenvalue weighted by molar-refractivity contribution is -0.130. The molecule has 3 heteroatoms. The summed E-state index contributed by atoms with van der Waals surface area (Å²) in [5.74, 6) is 1.66. The molecule has 0 saturated heterocycles. The zero-order valence-corrected chi connectivity index (χ0v) is 9.17. The lowest BCUT2D eigenvalue weighted by Gasteiger charge is -2.37. The maximum atomic E-state index is 12.0. The molecule has 0 aromatic carbocycles. The van der Waals surface area contributed by atoms with E-state index >= 15 is 0 Å². The average molecular weight is 208 g/mol. The first-order chi connectivity index (χ1) is 7.19. The summed E-state index contributed by atoms with van der Waals surface area (Å²) >= 11 is 0. The number of amides is 1. The first-order valence-electron chi connectivity index (χ1n) is 6.29. The Labute approximate surface area is 90.8 Å². The van der Waals surface area contributed by atoms with Gasteiger partial charge in [0.2, 0.25) is 5.91 Å². The summed E-state index contributed by atoms with van der Waals surface area (Å²) in [4.78, 5) is 12.0. The first kappa shape index (κ1) is 9.64. The summed E-state index contributed by atoms with van der Waals surface area (Å²) in [6.07, 6.45) is 8.08. The van der Waals surface area contributed by atoms with Crippen molar-refractivity contribution in [2.75, 3.05) is 0 Å². The number of carbonyl (C=O) groups is 1. The Bertz CT molecular complexity index is 265. The van der Waals surface area contributed by atoms with Crippen LogP contribution in [-0.2, 0) is 4.79 Å². The lowest BCUT2D eigenvalue weighted by Crippen LogP contribution is -2.60. The molecule has 0 aliphatic heterocycles. The van der Waals surface area contributed by atoms with Crippen molar-refractivity contribution in [3.8, 4) is 0 Å². The molecule has 3 aliphatic carbocycles. The number of nitrogens with two attached hydrogens (primary N) is 1. The van der Waals surface area contributed by atoms with Gasteiger partial charge in [0.1, 0.15) is 0 Å². The van der Waals surface area contributed by atoms with E-state index in [2.05, 4.69) is 5.32 Å². The van der Waals surface area contributed by atoms with Crippen molar-refractivity contribution in [3.63, 3.8) is 0 Å². The van der Waals surface area contributed by atoms with Gasteiger partial charge in [0.25, 0.3) is 0 Å². The van der Waals surface area contributed by atoms with E-state index in [4.69, 9.17) is 5.73 Å². The Morgan fingerprint density at radius 3 is 2.07 bits per heavy atom. The first-order valence-corrected chi connectivity index (χ1v) is 6.29. The van der Waals surface area contributed by atoms with Crippen LogP contribution in [0, 0.1) is 11.8 Å². The highest BCUT2D eigenvalue weighted by Gasteiger charge is 2.46. The second-order valence-corrected chi connectivity index (χ2v) is 5.68. The van der Waals surface area contributed by atoms with Crippen molar-refractivity contribution < 1.29 is 4.79 Å².